The Hall–Kier alpha value is -0.850. The Balaban J connectivity index is 0.00000133. The lowest BCUT2D eigenvalue weighted by Gasteiger charge is -1.96. The number of pyridine rings is 2. The fourth-order valence-corrected chi connectivity index (χ4v) is 2.55. The molecule has 98 valence electrons. The van der Waals surface area contributed by atoms with Crippen LogP contribution in [0.4, 0.5) is 0 Å². The third-order valence-corrected chi connectivity index (χ3v) is 3.82. The maximum atomic E-state index is 4.61. The molecule has 0 amide bonds. The van der Waals surface area contributed by atoms with Crippen LogP contribution in [0.15, 0.2) is 58.4 Å². The zero-order valence-corrected chi connectivity index (χ0v) is 13.9. The summed E-state index contributed by atoms with van der Waals surface area (Å²) in [5.41, 5.74) is 1.93. The van der Waals surface area contributed by atoms with Crippen molar-refractivity contribution in [3.8, 4) is 0 Å². The molecule has 3 nitrogen and oxygen atoms in total. The number of imidazole rings is 1. The van der Waals surface area contributed by atoms with Gasteiger partial charge in [0.1, 0.15) is 15.9 Å². The van der Waals surface area contributed by atoms with Crippen molar-refractivity contribution >= 4 is 34.2 Å². The van der Waals surface area contributed by atoms with Gasteiger partial charge in [-0.25, -0.2) is 4.98 Å². The molecule has 0 fully saturated rings. The van der Waals surface area contributed by atoms with Gasteiger partial charge >= 0.3 is 0 Å². The zero-order chi connectivity index (χ0) is 12.5. The molecule has 0 atom stereocenters. The maximum absolute atomic E-state index is 4.61. The Morgan fingerprint density at radius 3 is 2.68 bits per heavy atom. The molecule has 0 saturated carbocycles. The van der Waals surface area contributed by atoms with Gasteiger partial charge < -0.3 is 17.0 Å². The number of halogens is 2. The van der Waals surface area contributed by atoms with Crippen LogP contribution in [0.25, 0.3) is 5.65 Å². The van der Waals surface area contributed by atoms with Crippen molar-refractivity contribution in [3.63, 3.8) is 0 Å². The van der Waals surface area contributed by atoms with Gasteiger partial charge in [-0.1, -0.05) is 6.07 Å². The molecule has 3 aromatic heterocycles. The lowest BCUT2D eigenvalue weighted by Crippen LogP contribution is -3.00. The SMILES string of the molecule is Sc1ccc2nc(C[n+]3ccccc3)c(Br)n2c1.[Br-]. The maximum Gasteiger partial charge on any atom is 0.193 e. The van der Waals surface area contributed by atoms with E-state index in [2.05, 4.69) is 38.1 Å². The van der Waals surface area contributed by atoms with Crippen molar-refractivity contribution in [2.75, 3.05) is 0 Å². The Morgan fingerprint density at radius 1 is 1.21 bits per heavy atom. The van der Waals surface area contributed by atoms with Crippen molar-refractivity contribution in [1.82, 2.24) is 9.38 Å². The number of nitrogens with zero attached hydrogens (tertiary/aromatic N) is 3. The van der Waals surface area contributed by atoms with Crippen LogP contribution in [-0.2, 0) is 6.54 Å². The van der Waals surface area contributed by atoms with Gasteiger partial charge in [-0.2, -0.15) is 4.57 Å². The summed E-state index contributed by atoms with van der Waals surface area (Å²) in [5, 5.41) is 0. The molecule has 0 aliphatic heterocycles. The lowest BCUT2D eigenvalue weighted by atomic mass is 10.4. The monoisotopic (exact) mass is 399 g/mol. The number of thiol groups is 1. The van der Waals surface area contributed by atoms with Crippen LogP contribution >= 0.6 is 28.6 Å². The summed E-state index contributed by atoms with van der Waals surface area (Å²) < 4.78 is 5.07. The summed E-state index contributed by atoms with van der Waals surface area (Å²) in [5.74, 6) is 0. The second kappa shape index (κ2) is 6.07. The van der Waals surface area contributed by atoms with Gasteiger partial charge in [0.15, 0.2) is 18.9 Å². The van der Waals surface area contributed by atoms with Gasteiger partial charge in [0, 0.05) is 23.2 Å². The summed E-state index contributed by atoms with van der Waals surface area (Å²) in [6.07, 6.45) is 6.01. The number of hydrogen-bond acceptors (Lipinski definition) is 2. The highest BCUT2D eigenvalue weighted by atomic mass is 79.9. The van der Waals surface area contributed by atoms with E-state index in [0.29, 0.717) is 0 Å². The molecule has 0 aliphatic rings. The van der Waals surface area contributed by atoms with Crippen molar-refractivity contribution < 1.29 is 21.5 Å². The van der Waals surface area contributed by atoms with Crippen LogP contribution < -0.4 is 21.5 Å². The average molecular weight is 401 g/mol. The molecule has 19 heavy (non-hydrogen) atoms. The summed E-state index contributed by atoms with van der Waals surface area (Å²) >= 11 is 7.94. The van der Waals surface area contributed by atoms with Crippen LogP contribution in [0, 0.1) is 0 Å². The molecule has 3 rings (SSSR count). The minimum Gasteiger partial charge on any atom is -1.00 e. The predicted octanol–water partition coefficient (Wildman–Crippen LogP) is -0.275. The van der Waals surface area contributed by atoms with E-state index < -0.39 is 0 Å². The van der Waals surface area contributed by atoms with Crippen molar-refractivity contribution in [2.45, 2.75) is 11.4 Å². The Labute approximate surface area is 135 Å². The Kier molecular flexibility index (Phi) is 4.65. The molecule has 6 heteroatoms. The van der Waals surface area contributed by atoms with E-state index in [1.165, 1.54) is 0 Å². The van der Waals surface area contributed by atoms with Gasteiger partial charge in [0.25, 0.3) is 0 Å². The largest absolute Gasteiger partial charge is 1.00 e. The van der Waals surface area contributed by atoms with E-state index >= 15 is 0 Å². The first-order valence-corrected chi connectivity index (χ1v) is 6.77. The molecule has 0 saturated heterocycles. The van der Waals surface area contributed by atoms with Crippen LogP contribution in [0.3, 0.4) is 0 Å². The second-order valence-electron chi connectivity index (χ2n) is 4.01. The second-order valence-corrected chi connectivity index (χ2v) is 5.28. The lowest BCUT2D eigenvalue weighted by molar-refractivity contribution is -0.688. The third kappa shape index (κ3) is 3.01. The highest BCUT2D eigenvalue weighted by molar-refractivity contribution is 9.10. The molecule has 0 aromatic carbocycles. The standard InChI is InChI=1S/C13H10BrN3S.BrH/c14-13-11(9-16-6-2-1-3-7-16)15-12-5-4-10(18)8-17(12)13;/h1-8H,9H2;1H. The Morgan fingerprint density at radius 2 is 1.95 bits per heavy atom. The minimum atomic E-state index is 0. The van der Waals surface area contributed by atoms with Gasteiger partial charge in [-0.05, 0) is 28.1 Å². The molecule has 0 spiro atoms. The number of aromatic nitrogens is 3. The first-order valence-electron chi connectivity index (χ1n) is 5.53. The number of rotatable bonds is 2. The predicted molar refractivity (Wildman–Crippen MR) is 75.9 cm³/mol. The van der Waals surface area contributed by atoms with Crippen molar-refractivity contribution in [2.24, 2.45) is 0 Å². The third-order valence-electron chi connectivity index (χ3n) is 2.72. The molecule has 3 aromatic rings. The average Bonchev–Trinajstić information content (AvgIpc) is 2.68. The Bertz CT molecular complexity index is 698. The quantitative estimate of drug-likeness (QED) is 0.464. The summed E-state index contributed by atoms with van der Waals surface area (Å²) in [6.45, 7) is 0.741. The fourth-order valence-electron chi connectivity index (χ4n) is 1.87. The molecular weight excluding hydrogens is 390 g/mol. The fraction of sp³-hybridized carbons (Fsp3) is 0.0769. The highest BCUT2D eigenvalue weighted by Crippen LogP contribution is 2.20. The summed E-state index contributed by atoms with van der Waals surface area (Å²) in [7, 11) is 0. The van der Waals surface area contributed by atoms with Gasteiger partial charge in [-0.3, -0.25) is 4.40 Å². The number of hydrogen-bond donors (Lipinski definition) is 1. The van der Waals surface area contributed by atoms with Crippen molar-refractivity contribution in [1.29, 1.82) is 0 Å². The molecule has 0 radical (unpaired) electrons. The summed E-state index contributed by atoms with van der Waals surface area (Å²) in [6, 6.07) is 9.93. The van der Waals surface area contributed by atoms with Crippen LogP contribution in [0.5, 0.6) is 0 Å². The molecule has 0 N–H and O–H groups in total. The van der Waals surface area contributed by atoms with Crippen LogP contribution in [0.2, 0.25) is 0 Å². The molecule has 0 aliphatic carbocycles. The van der Waals surface area contributed by atoms with Crippen LogP contribution in [0.1, 0.15) is 5.69 Å². The van der Waals surface area contributed by atoms with E-state index in [-0.39, 0.29) is 17.0 Å². The van der Waals surface area contributed by atoms with Gasteiger partial charge in [0.2, 0.25) is 0 Å². The van der Waals surface area contributed by atoms with E-state index in [1.807, 2.05) is 53.3 Å². The van der Waals surface area contributed by atoms with E-state index in [4.69, 9.17) is 0 Å². The van der Waals surface area contributed by atoms with Crippen LogP contribution in [-0.4, -0.2) is 9.38 Å². The van der Waals surface area contributed by atoms with Crippen molar-refractivity contribution in [3.05, 3.63) is 59.2 Å². The summed E-state index contributed by atoms with van der Waals surface area (Å²) in [4.78, 5) is 5.53. The smallest absolute Gasteiger partial charge is 0.193 e. The first-order chi connectivity index (χ1) is 8.74. The molecule has 0 unspecified atom stereocenters. The first kappa shape index (κ1) is 14.6. The van der Waals surface area contributed by atoms with E-state index in [1.54, 1.807) is 0 Å². The highest BCUT2D eigenvalue weighted by Gasteiger charge is 2.13. The van der Waals surface area contributed by atoms with E-state index in [0.717, 1.165) is 27.4 Å². The van der Waals surface area contributed by atoms with E-state index in [9.17, 15) is 0 Å². The van der Waals surface area contributed by atoms with Gasteiger partial charge in [0.05, 0.1) is 0 Å². The molecule has 0 bridgehead atoms. The minimum absolute atomic E-state index is 0. The zero-order valence-electron chi connectivity index (χ0n) is 9.87. The number of fused-ring (bicyclic) bond motifs is 1. The topological polar surface area (TPSA) is 21.2 Å². The normalized spacial score (nSPS) is 10.4. The molecular formula is C13H11Br2N3S. The van der Waals surface area contributed by atoms with Gasteiger partial charge in [-0.15, -0.1) is 12.6 Å². The molecule has 3 heterocycles.